The Bertz CT molecular complexity index is 560. The van der Waals surface area contributed by atoms with Crippen molar-refractivity contribution in [3.8, 4) is 0 Å². The minimum atomic E-state index is -0.650. The van der Waals surface area contributed by atoms with Crippen molar-refractivity contribution < 1.29 is 9.59 Å². The molecule has 5 nitrogen and oxygen atoms in total. The van der Waals surface area contributed by atoms with Gasteiger partial charge in [0.05, 0.1) is 0 Å². The van der Waals surface area contributed by atoms with Crippen molar-refractivity contribution in [2.45, 2.75) is 44.2 Å². The number of hydrogen-bond donors (Lipinski definition) is 2. The van der Waals surface area contributed by atoms with E-state index >= 15 is 0 Å². The number of nitrogens with zero attached hydrogens (tertiary/aromatic N) is 1. The van der Waals surface area contributed by atoms with Gasteiger partial charge in [-0.2, -0.15) is 0 Å². The third-order valence-electron chi connectivity index (χ3n) is 5.08. The van der Waals surface area contributed by atoms with E-state index in [1.165, 1.54) is 18.4 Å². The highest BCUT2D eigenvalue weighted by atomic mass is 16.2. The molecule has 0 unspecified atom stereocenters. The number of benzene rings is 1. The van der Waals surface area contributed by atoms with Crippen molar-refractivity contribution in [3.05, 3.63) is 35.9 Å². The first-order chi connectivity index (χ1) is 10.6. The lowest BCUT2D eigenvalue weighted by atomic mass is 9.87. The summed E-state index contributed by atoms with van der Waals surface area (Å²) in [6, 6.07) is 9.53. The summed E-state index contributed by atoms with van der Waals surface area (Å²) in [5, 5.41) is 2.50. The second kappa shape index (κ2) is 5.99. The second-order valence-corrected chi connectivity index (χ2v) is 6.40. The fourth-order valence-electron chi connectivity index (χ4n) is 4.14. The molecule has 3 amide bonds. The van der Waals surface area contributed by atoms with Gasteiger partial charge in [0.15, 0.2) is 0 Å². The zero-order valence-electron chi connectivity index (χ0n) is 12.9. The van der Waals surface area contributed by atoms with Gasteiger partial charge < -0.3 is 16.0 Å². The molecule has 1 aliphatic heterocycles. The first kappa shape index (κ1) is 14.9. The molecule has 3 N–H and O–H groups in total. The van der Waals surface area contributed by atoms with Gasteiger partial charge in [-0.25, -0.2) is 4.79 Å². The van der Waals surface area contributed by atoms with Crippen molar-refractivity contribution in [1.29, 1.82) is 0 Å². The molecule has 1 aliphatic carbocycles. The zero-order chi connectivity index (χ0) is 15.7. The van der Waals surface area contributed by atoms with E-state index in [-0.39, 0.29) is 5.91 Å². The van der Waals surface area contributed by atoms with Crippen LogP contribution in [0.5, 0.6) is 0 Å². The third-order valence-corrected chi connectivity index (χ3v) is 5.08. The monoisotopic (exact) mass is 301 g/mol. The summed E-state index contributed by atoms with van der Waals surface area (Å²) in [6.07, 6.45) is 3.40. The van der Waals surface area contributed by atoms with E-state index in [0.717, 1.165) is 13.0 Å². The SMILES string of the molecule is C[C@H](NC(N)=O)C(=O)N1C[C@H](c2ccccc2)[C@@H]2CCC[C@H]21. The van der Waals surface area contributed by atoms with Crippen LogP contribution in [0.4, 0.5) is 4.79 Å². The topological polar surface area (TPSA) is 75.4 Å². The number of carbonyl (C=O) groups excluding carboxylic acids is 2. The highest BCUT2D eigenvalue weighted by molar-refractivity contribution is 5.86. The molecule has 1 aromatic carbocycles. The lowest BCUT2D eigenvalue weighted by Crippen LogP contribution is -2.50. The molecule has 0 spiro atoms. The molecule has 5 heteroatoms. The van der Waals surface area contributed by atoms with Crippen LogP contribution < -0.4 is 11.1 Å². The number of nitrogens with two attached hydrogens (primary N) is 1. The molecule has 22 heavy (non-hydrogen) atoms. The van der Waals surface area contributed by atoms with Gasteiger partial charge in [-0.3, -0.25) is 4.79 Å². The Kier molecular flexibility index (Phi) is 4.05. The molecule has 0 aromatic heterocycles. The van der Waals surface area contributed by atoms with E-state index in [0.29, 0.717) is 17.9 Å². The molecule has 1 saturated carbocycles. The number of rotatable bonds is 3. The molecular formula is C17H23N3O2. The maximum Gasteiger partial charge on any atom is 0.312 e. The summed E-state index contributed by atoms with van der Waals surface area (Å²) in [6.45, 7) is 2.44. The number of carbonyl (C=O) groups is 2. The Hall–Kier alpha value is -2.04. The molecule has 1 heterocycles. The summed E-state index contributed by atoms with van der Waals surface area (Å²) in [4.78, 5) is 25.6. The second-order valence-electron chi connectivity index (χ2n) is 6.40. The quantitative estimate of drug-likeness (QED) is 0.894. The maximum atomic E-state index is 12.7. The summed E-state index contributed by atoms with van der Waals surface area (Å²) < 4.78 is 0. The number of primary amides is 1. The average Bonchev–Trinajstić information content (AvgIpc) is 3.08. The Labute approximate surface area is 130 Å². The van der Waals surface area contributed by atoms with Gasteiger partial charge in [-0.15, -0.1) is 0 Å². The molecule has 3 rings (SSSR count). The predicted molar refractivity (Wildman–Crippen MR) is 84.2 cm³/mol. The Morgan fingerprint density at radius 1 is 1.27 bits per heavy atom. The zero-order valence-corrected chi connectivity index (χ0v) is 12.9. The fraction of sp³-hybridized carbons (Fsp3) is 0.529. The Balaban J connectivity index is 1.79. The van der Waals surface area contributed by atoms with Gasteiger partial charge in [0.1, 0.15) is 6.04 Å². The summed E-state index contributed by atoms with van der Waals surface area (Å²) in [7, 11) is 0. The van der Waals surface area contributed by atoms with E-state index < -0.39 is 12.1 Å². The first-order valence-corrected chi connectivity index (χ1v) is 7.99. The van der Waals surface area contributed by atoms with Crippen molar-refractivity contribution in [2.75, 3.05) is 6.54 Å². The lowest BCUT2D eigenvalue weighted by molar-refractivity contribution is -0.133. The van der Waals surface area contributed by atoms with Crippen LogP contribution >= 0.6 is 0 Å². The van der Waals surface area contributed by atoms with Crippen molar-refractivity contribution in [2.24, 2.45) is 11.7 Å². The number of amides is 3. The van der Waals surface area contributed by atoms with Crippen molar-refractivity contribution >= 4 is 11.9 Å². The van der Waals surface area contributed by atoms with E-state index in [1.54, 1.807) is 6.92 Å². The van der Waals surface area contributed by atoms with E-state index in [2.05, 4.69) is 29.6 Å². The fourth-order valence-corrected chi connectivity index (χ4v) is 4.14. The van der Waals surface area contributed by atoms with E-state index in [4.69, 9.17) is 5.73 Å². The van der Waals surface area contributed by atoms with Gasteiger partial charge in [-0.1, -0.05) is 36.8 Å². The molecule has 118 valence electrons. The summed E-state index contributed by atoms with van der Waals surface area (Å²) in [5.41, 5.74) is 6.44. The van der Waals surface area contributed by atoms with Crippen LogP contribution in [0.15, 0.2) is 30.3 Å². The number of fused-ring (bicyclic) bond motifs is 1. The number of hydrogen-bond acceptors (Lipinski definition) is 2. The van der Waals surface area contributed by atoms with E-state index in [9.17, 15) is 9.59 Å². The summed E-state index contributed by atoms with van der Waals surface area (Å²) >= 11 is 0. The predicted octanol–water partition coefficient (Wildman–Crippen LogP) is 1.84. The number of likely N-dealkylation sites (tertiary alicyclic amines) is 1. The van der Waals surface area contributed by atoms with Crippen molar-refractivity contribution in [1.82, 2.24) is 10.2 Å². The van der Waals surface area contributed by atoms with Crippen LogP contribution in [0, 0.1) is 5.92 Å². The number of urea groups is 1. The first-order valence-electron chi connectivity index (χ1n) is 7.99. The van der Waals surface area contributed by atoms with Crippen LogP contribution in [-0.2, 0) is 4.79 Å². The molecule has 1 saturated heterocycles. The van der Waals surface area contributed by atoms with Crippen molar-refractivity contribution in [3.63, 3.8) is 0 Å². The minimum Gasteiger partial charge on any atom is -0.352 e. The van der Waals surface area contributed by atoms with Gasteiger partial charge in [0.25, 0.3) is 0 Å². The van der Waals surface area contributed by atoms with Crippen LogP contribution in [0.3, 0.4) is 0 Å². The molecule has 0 bridgehead atoms. The van der Waals surface area contributed by atoms with Crippen LogP contribution in [-0.4, -0.2) is 35.5 Å². The van der Waals surface area contributed by atoms with Gasteiger partial charge in [0.2, 0.25) is 5.91 Å². The standard InChI is InChI=1S/C17H23N3O2/c1-11(19-17(18)22)16(21)20-10-14(12-6-3-2-4-7-12)13-8-5-9-15(13)20/h2-4,6-7,11,13-15H,5,8-10H2,1H3,(H3,18,19,22)/t11-,13-,14+,15+/m0/s1. The van der Waals surface area contributed by atoms with Gasteiger partial charge in [-0.05, 0) is 31.2 Å². The van der Waals surface area contributed by atoms with Gasteiger partial charge in [0, 0.05) is 18.5 Å². The normalized spacial score (nSPS) is 28.2. The molecule has 0 radical (unpaired) electrons. The van der Waals surface area contributed by atoms with Crippen LogP contribution in [0.1, 0.15) is 37.7 Å². The third kappa shape index (κ3) is 2.67. The average molecular weight is 301 g/mol. The lowest BCUT2D eigenvalue weighted by Gasteiger charge is -2.26. The molecule has 1 aromatic rings. The summed E-state index contributed by atoms with van der Waals surface area (Å²) in [5.74, 6) is 0.916. The van der Waals surface area contributed by atoms with Gasteiger partial charge >= 0.3 is 6.03 Å². The molecule has 4 atom stereocenters. The minimum absolute atomic E-state index is 0.0193. The molecule has 2 fully saturated rings. The van der Waals surface area contributed by atoms with Crippen LogP contribution in [0.25, 0.3) is 0 Å². The highest BCUT2D eigenvalue weighted by Gasteiger charge is 2.47. The van der Waals surface area contributed by atoms with Crippen LogP contribution in [0.2, 0.25) is 0 Å². The largest absolute Gasteiger partial charge is 0.352 e. The Morgan fingerprint density at radius 3 is 2.68 bits per heavy atom. The van der Waals surface area contributed by atoms with E-state index in [1.807, 2.05) is 11.0 Å². The Morgan fingerprint density at radius 2 is 2.00 bits per heavy atom. The molecular weight excluding hydrogens is 278 g/mol. The highest BCUT2D eigenvalue weighted by Crippen LogP contribution is 2.46. The smallest absolute Gasteiger partial charge is 0.312 e. The number of nitrogens with one attached hydrogen (secondary N) is 1. The molecule has 2 aliphatic rings. The maximum absolute atomic E-state index is 12.7.